The van der Waals surface area contributed by atoms with Crippen molar-refractivity contribution >= 4 is 0 Å². The third-order valence-electron chi connectivity index (χ3n) is 5.42. The van der Waals surface area contributed by atoms with Crippen molar-refractivity contribution in [2.45, 2.75) is 114 Å². The van der Waals surface area contributed by atoms with Gasteiger partial charge in [0.15, 0.2) is 0 Å². The number of hydrogen-bond acceptors (Lipinski definition) is 0. The molecule has 0 fully saturated rings. The van der Waals surface area contributed by atoms with Gasteiger partial charge in [-0.3, -0.25) is 0 Å². The van der Waals surface area contributed by atoms with E-state index in [0.717, 1.165) is 17.8 Å². The maximum atomic E-state index is 2.48. The predicted octanol–water partition coefficient (Wildman–Crippen LogP) is 8.11. The lowest BCUT2D eigenvalue weighted by Crippen LogP contribution is -2.22. The number of hydrogen-bond donors (Lipinski definition) is 0. The normalized spacial score (nSPS) is 15.9. The van der Waals surface area contributed by atoms with E-state index in [1.807, 2.05) is 13.8 Å². The molecular formula is C21H46. The van der Waals surface area contributed by atoms with Gasteiger partial charge < -0.3 is 0 Å². The SMILES string of the molecule is CC.CCCC(C)CCCC(C)(C)C(C)CCC(C)CC. The Morgan fingerprint density at radius 2 is 1.33 bits per heavy atom. The highest BCUT2D eigenvalue weighted by atomic mass is 14.3. The quantitative estimate of drug-likeness (QED) is 0.361. The molecule has 3 atom stereocenters. The van der Waals surface area contributed by atoms with Crippen molar-refractivity contribution in [3.63, 3.8) is 0 Å². The zero-order chi connectivity index (χ0) is 16.9. The van der Waals surface area contributed by atoms with E-state index in [1.54, 1.807) is 0 Å². The van der Waals surface area contributed by atoms with E-state index in [-0.39, 0.29) is 0 Å². The van der Waals surface area contributed by atoms with E-state index in [0.29, 0.717) is 5.41 Å². The van der Waals surface area contributed by atoms with Gasteiger partial charge in [-0.15, -0.1) is 0 Å². The third-order valence-corrected chi connectivity index (χ3v) is 5.42. The van der Waals surface area contributed by atoms with Crippen LogP contribution in [0.4, 0.5) is 0 Å². The van der Waals surface area contributed by atoms with Crippen molar-refractivity contribution in [1.29, 1.82) is 0 Å². The molecule has 0 aliphatic heterocycles. The number of rotatable bonds is 11. The standard InChI is InChI=1S/C19H40.C2H6/c1-8-11-17(4)12-10-15-19(6,7)18(5)14-13-16(3)9-2;1-2/h16-18H,8-15H2,1-7H3;1-2H3. The Morgan fingerprint density at radius 3 is 1.81 bits per heavy atom. The first-order valence-corrected chi connectivity index (χ1v) is 9.83. The summed E-state index contributed by atoms with van der Waals surface area (Å²) in [5, 5.41) is 0. The summed E-state index contributed by atoms with van der Waals surface area (Å²) >= 11 is 0. The Labute approximate surface area is 137 Å². The fourth-order valence-electron chi connectivity index (χ4n) is 2.92. The zero-order valence-electron chi connectivity index (χ0n) is 16.9. The molecule has 21 heavy (non-hydrogen) atoms. The van der Waals surface area contributed by atoms with E-state index in [2.05, 4.69) is 48.5 Å². The van der Waals surface area contributed by atoms with Crippen LogP contribution < -0.4 is 0 Å². The van der Waals surface area contributed by atoms with Gasteiger partial charge in [-0.1, -0.05) is 101 Å². The highest BCUT2D eigenvalue weighted by molar-refractivity contribution is 4.76. The Morgan fingerprint density at radius 1 is 0.762 bits per heavy atom. The molecule has 0 rings (SSSR count). The molecule has 0 aliphatic rings. The first-order valence-electron chi connectivity index (χ1n) is 9.83. The average Bonchev–Trinajstić information content (AvgIpc) is 2.46. The topological polar surface area (TPSA) is 0 Å². The fraction of sp³-hybridized carbons (Fsp3) is 1.00. The van der Waals surface area contributed by atoms with Crippen molar-refractivity contribution in [3.05, 3.63) is 0 Å². The van der Waals surface area contributed by atoms with Crippen molar-refractivity contribution < 1.29 is 0 Å². The lowest BCUT2D eigenvalue weighted by Gasteiger charge is -2.33. The van der Waals surface area contributed by atoms with Crippen LogP contribution in [0.15, 0.2) is 0 Å². The Bertz CT molecular complexity index is 204. The maximum Gasteiger partial charge on any atom is -0.0329 e. The molecule has 0 aliphatic carbocycles. The van der Waals surface area contributed by atoms with E-state index in [9.17, 15) is 0 Å². The molecule has 0 heteroatoms. The highest BCUT2D eigenvalue weighted by Crippen LogP contribution is 2.36. The smallest absolute Gasteiger partial charge is 0.0329 e. The summed E-state index contributed by atoms with van der Waals surface area (Å²) in [5.74, 6) is 2.70. The average molecular weight is 299 g/mol. The van der Waals surface area contributed by atoms with Gasteiger partial charge in [0.2, 0.25) is 0 Å². The Balaban J connectivity index is 0. The molecule has 0 saturated carbocycles. The second kappa shape index (κ2) is 13.6. The summed E-state index contributed by atoms with van der Waals surface area (Å²) in [6.45, 7) is 20.9. The van der Waals surface area contributed by atoms with Crippen molar-refractivity contribution in [3.8, 4) is 0 Å². The van der Waals surface area contributed by atoms with Crippen LogP contribution in [0, 0.1) is 23.2 Å². The van der Waals surface area contributed by atoms with Gasteiger partial charge in [0.25, 0.3) is 0 Å². The van der Waals surface area contributed by atoms with E-state index >= 15 is 0 Å². The molecule has 0 amide bonds. The molecule has 0 aromatic rings. The zero-order valence-corrected chi connectivity index (χ0v) is 16.9. The Hall–Kier alpha value is 0. The summed E-state index contributed by atoms with van der Waals surface area (Å²) in [7, 11) is 0. The van der Waals surface area contributed by atoms with Crippen LogP contribution in [0.2, 0.25) is 0 Å². The molecule has 130 valence electrons. The summed E-state index contributed by atoms with van der Waals surface area (Å²) in [6.07, 6.45) is 11.2. The van der Waals surface area contributed by atoms with Gasteiger partial charge in [0, 0.05) is 0 Å². The van der Waals surface area contributed by atoms with Gasteiger partial charge in [-0.2, -0.15) is 0 Å². The molecule has 0 nitrogen and oxygen atoms in total. The van der Waals surface area contributed by atoms with Gasteiger partial charge in [0.05, 0.1) is 0 Å². The van der Waals surface area contributed by atoms with Crippen LogP contribution in [0.25, 0.3) is 0 Å². The fourth-order valence-corrected chi connectivity index (χ4v) is 2.92. The molecule has 3 unspecified atom stereocenters. The first kappa shape index (κ1) is 23.3. The van der Waals surface area contributed by atoms with Gasteiger partial charge in [0.1, 0.15) is 0 Å². The molecular weight excluding hydrogens is 252 g/mol. The molecule has 0 bridgehead atoms. The summed E-state index contributed by atoms with van der Waals surface area (Å²) < 4.78 is 0. The van der Waals surface area contributed by atoms with E-state index < -0.39 is 0 Å². The first-order chi connectivity index (χ1) is 9.83. The summed E-state index contributed by atoms with van der Waals surface area (Å²) in [5.41, 5.74) is 0.527. The molecule has 0 saturated heterocycles. The van der Waals surface area contributed by atoms with Crippen LogP contribution in [0.1, 0.15) is 114 Å². The molecule has 0 heterocycles. The lowest BCUT2D eigenvalue weighted by atomic mass is 9.73. The van der Waals surface area contributed by atoms with Crippen molar-refractivity contribution in [2.24, 2.45) is 23.2 Å². The lowest BCUT2D eigenvalue weighted by molar-refractivity contribution is 0.180. The predicted molar refractivity (Wildman–Crippen MR) is 101 cm³/mol. The molecule has 0 radical (unpaired) electrons. The second-order valence-electron chi connectivity index (χ2n) is 7.77. The van der Waals surface area contributed by atoms with Crippen molar-refractivity contribution in [2.75, 3.05) is 0 Å². The monoisotopic (exact) mass is 298 g/mol. The van der Waals surface area contributed by atoms with Crippen LogP contribution in [-0.2, 0) is 0 Å². The Kier molecular flexibility index (Phi) is 15.1. The van der Waals surface area contributed by atoms with Gasteiger partial charge >= 0.3 is 0 Å². The largest absolute Gasteiger partial charge is 0.0683 e. The summed E-state index contributed by atoms with van der Waals surface area (Å²) in [6, 6.07) is 0. The molecule has 0 N–H and O–H groups in total. The molecule has 0 aromatic carbocycles. The van der Waals surface area contributed by atoms with Crippen LogP contribution in [0.3, 0.4) is 0 Å². The van der Waals surface area contributed by atoms with Crippen LogP contribution in [0.5, 0.6) is 0 Å². The minimum absolute atomic E-state index is 0.527. The minimum Gasteiger partial charge on any atom is -0.0683 e. The highest BCUT2D eigenvalue weighted by Gasteiger charge is 2.25. The minimum atomic E-state index is 0.527. The van der Waals surface area contributed by atoms with Crippen LogP contribution in [-0.4, -0.2) is 0 Å². The second-order valence-corrected chi connectivity index (χ2v) is 7.77. The molecule has 0 spiro atoms. The van der Waals surface area contributed by atoms with E-state index in [1.165, 1.54) is 51.4 Å². The third kappa shape index (κ3) is 12.2. The van der Waals surface area contributed by atoms with Gasteiger partial charge in [-0.05, 0) is 36.0 Å². The summed E-state index contributed by atoms with van der Waals surface area (Å²) in [4.78, 5) is 0. The van der Waals surface area contributed by atoms with Gasteiger partial charge in [-0.25, -0.2) is 0 Å². The molecule has 0 aromatic heterocycles. The van der Waals surface area contributed by atoms with Crippen LogP contribution >= 0.6 is 0 Å². The van der Waals surface area contributed by atoms with E-state index in [4.69, 9.17) is 0 Å². The van der Waals surface area contributed by atoms with Crippen molar-refractivity contribution in [1.82, 2.24) is 0 Å². The maximum absolute atomic E-state index is 2.48.